The summed E-state index contributed by atoms with van der Waals surface area (Å²) < 4.78 is 37.5. The monoisotopic (exact) mass is 313 g/mol. The summed E-state index contributed by atoms with van der Waals surface area (Å²) >= 11 is 0. The van der Waals surface area contributed by atoms with Crippen LogP contribution in [0.25, 0.3) is 0 Å². The number of halogens is 2. The molecule has 6 heteroatoms. The van der Waals surface area contributed by atoms with Crippen molar-refractivity contribution in [3.8, 4) is 0 Å². The Morgan fingerprint density at radius 3 is 2.50 bits per heavy atom. The SMILES string of the molecule is COC1(c2ccc(F)c(F)c2)CCN(C(=O)OC(C)(C)C)C1. The van der Waals surface area contributed by atoms with Crippen molar-refractivity contribution < 1.29 is 23.0 Å². The Morgan fingerprint density at radius 2 is 1.95 bits per heavy atom. The highest BCUT2D eigenvalue weighted by molar-refractivity contribution is 5.68. The zero-order valence-electron chi connectivity index (χ0n) is 13.3. The van der Waals surface area contributed by atoms with E-state index < -0.39 is 28.9 Å². The lowest BCUT2D eigenvalue weighted by Crippen LogP contribution is -2.39. The van der Waals surface area contributed by atoms with Crippen LogP contribution in [0.4, 0.5) is 13.6 Å². The van der Waals surface area contributed by atoms with Crippen molar-refractivity contribution in [2.75, 3.05) is 20.2 Å². The molecule has 1 aromatic rings. The van der Waals surface area contributed by atoms with Crippen LogP contribution in [0.1, 0.15) is 32.8 Å². The Bertz CT molecular complexity index is 571. The second-order valence-corrected chi connectivity index (χ2v) is 6.48. The topological polar surface area (TPSA) is 38.8 Å². The second kappa shape index (κ2) is 5.83. The molecule has 1 atom stereocenters. The summed E-state index contributed by atoms with van der Waals surface area (Å²) in [6.07, 6.45) is 0.0578. The molecule has 2 rings (SSSR count). The molecule has 0 aromatic heterocycles. The Balaban J connectivity index is 2.19. The van der Waals surface area contributed by atoms with Crippen LogP contribution in [0.3, 0.4) is 0 Å². The molecular formula is C16H21F2NO3. The lowest BCUT2D eigenvalue weighted by molar-refractivity contribution is -0.0132. The van der Waals surface area contributed by atoms with Crippen LogP contribution in [-0.4, -0.2) is 36.8 Å². The average Bonchev–Trinajstić information content (AvgIpc) is 2.86. The van der Waals surface area contributed by atoms with Crippen molar-refractivity contribution in [3.63, 3.8) is 0 Å². The molecule has 1 fully saturated rings. The third-order valence-corrected chi connectivity index (χ3v) is 3.72. The number of nitrogens with zero attached hydrogens (tertiary/aromatic N) is 1. The minimum Gasteiger partial charge on any atom is -0.444 e. The van der Waals surface area contributed by atoms with E-state index in [1.54, 1.807) is 20.8 Å². The van der Waals surface area contributed by atoms with Crippen molar-refractivity contribution >= 4 is 6.09 Å². The number of methoxy groups -OCH3 is 1. The van der Waals surface area contributed by atoms with E-state index in [2.05, 4.69) is 0 Å². The van der Waals surface area contributed by atoms with Gasteiger partial charge in [-0.15, -0.1) is 0 Å². The maximum atomic E-state index is 13.5. The highest BCUT2D eigenvalue weighted by Gasteiger charge is 2.43. The van der Waals surface area contributed by atoms with Crippen LogP contribution in [0.5, 0.6) is 0 Å². The molecule has 0 bridgehead atoms. The lowest BCUT2D eigenvalue weighted by Gasteiger charge is -2.29. The van der Waals surface area contributed by atoms with E-state index in [1.165, 1.54) is 18.1 Å². The van der Waals surface area contributed by atoms with Gasteiger partial charge in [-0.05, 0) is 38.5 Å². The van der Waals surface area contributed by atoms with Gasteiger partial charge in [-0.3, -0.25) is 0 Å². The van der Waals surface area contributed by atoms with E-state index in [9.17, 15) is 13.6 Å². The second-order valence-electron chi connectivity index (χ2n) is 6.48. The lowest BCUT2D eigenvalue weighted by atomic mass is 9.92. The fourth-order valence-corrected chi connectivity index (χ4v) is 2.56. The highest BCUT2D eigenvalue weighted by Crippen LogP contribution is 2.36. The number of hydrogen-bond donors (Lipinski definition) is 0. The number of amides is 1. The first-order chi connectivity index (χ1) is 10.2. The van der Waals surface area contributed by atoms with Gasteiger partial charge in [0.05, 0.1) is 6.54 Å². The van der Waals surface area contributed by atoms with Gasteiger partial charge < -0.3 is 14.4 Å². The summed E-state index contributed by atoms with van der Waals surface area (Å²) in [6, 6.07) is 3.68. The molecule has 0 spiro atoms. The summed E-state index contributed by atoms with van der Waals surface area (Å²) in [5.41, 5.74) is -0.914. The predicted molar refractivity (Wildman–Crippen MR) is 77.5 cm³/mol. The number of rotatable bonds is 2. The van der Waals surface area contributed by atoms with E-state index in [-0.39, 0.29) is 6.54 Å². The fraction of sp³-hybridized carbons (Fsp3) is 0.562. The van der Waals surface area contributed by atoms with Crippen LogP contribution in [0.2, 0.25) is 0 Å². The van der Waals surface area contributed by atoms with Crippen LogP contribution in [0.15, 0.2) is 18.2 Å². The normalized spacial score (nSPS) is 22.0. The van der Waals surface area contributed by atoms with Gasteiger partial charge in [-0.2, -0.15) is 0 Å². The number of benzene rings is 1. The summed E-state index contributed by atoms with van der Waals surface area (Å²) in [5.74, 6) is -1.83. The summed E-state index contributed by atoms with van der Waals surface area (Å²) in [6.45, 7) is 6.05. The molecule has 0 N–H and O–H groups in total. The number of likely N-dealkylation sites (tertiary alicyclic amines) is 1. The number of carbonyl (C=O) groups is 1. The van der Waals surface area contributed by atoms with E-state index in [0.717, 1.165) is 12.1 Å². The van der Waals surface area contributed by atoms with Crippen LogP contribution in [0, 0.1) is 11.6 Å². The van der Waals surface area contributed by atoms with Gasteiger partial charge in [0.25, 0.3) is 0 Å². The van der Waals surface area contributed by atoms with E-state index in [0.29, 0.717) is 18.5 Å². The zero-order chi connectivity index (χ0) is 16.5. The fourth-order valence-electron chi connectivity index (χ4n) is 2.56. The van der Waals surface area contributed by atoms with Gasteiger partial charge >= 0.3 is 6.09 Å². The highest BCUT2D eigenvalue weighted by atomic mass is 19.2. The van der Waals surface area contributed by atoms with Crippen molar-refractivity contribution in [2.24, 2.45) is 0 Å². The molecule has 122 valence electrons. The molecule has 1 unspecified atom stereocenters. The van der Waals surface area contributed by atoms with E-state index >= 15 is 0 Å². The van der Waals surface area contributed by atoms with Crippen molar-refractivity contribution in [1.29, 1.82) is 0 Å². The van der Waals surface area contributed by atoms with E-state index in [1.807, 2.05) is 0 Å². The van der Waals surface area contributed by atoms with Crippen molar-refractivity contribution in [1.82, 2.24) is 4.90 Å². The smallest absolute Gasteiger partial charge is 0.410 e. The number of hydrogen-bond acceptors (Lipinski definition) is 3. The van der Waals surface area contributed by atoms with Crippen molar-refractivity contribution in [3.05, 3.63) is 35.4 Å². The molecule has 1 saturated heterocycles. The zero-order valence-corrected chi connectivity index (χ0v) is 13.3. The Labute approximate surface area is 129 Å². The maximum absolute atomic E-state index is 13.5. The molecule has 1 amide bonds. The average molecular weight is 313 g/mol. The molecular weight excluding hydrogens is 292 g/mol. The molecule has 0 aliphatic carbocycles. The summed E-state index contributed by atoms with van der Waals surface area (Å²) in [4.78, 5) is 13.7. The molecule has 1 aromatic carbocycles. The Morgan fingerprint density at radius 1 is 1.27 bits per heavy atom. The largest absolute Gasteiger partial charge is 0.444 e. The van der Waals surface area contributed by atoms with E-state index in [4.69, 9.17) is 9.47 Å². The Kier molecular flexibility index (Phi) is 4.42. The van der Waals surface area contributed by atoms with Crippen molar-refractivity contribution in [2.45, 2.75) is 38.4 Å². The minimum absolute atomic E-state index is 0.240. The molecule has 1 aliphatic heterocycles. The quantitative estimate of drug-likeness (QED) is 0.839. The summed E-state index contributed by atoms with van der Waals surface area (Å²) in [5, 5.41) is 0. The third-order valence-electron chi connectivity index (χ3n) is 3.72. The molecule has 4 nitrogen and oxygen atoms in total. The van der Waals surface area contributed by atoms with Gasteiger partial charge in [0, 0.05) is 20.1 Å². The van der Waals surface area contributed by atoms with Crippen LogP contribution in [-0.2, 0) is 15.1 Å². The molecule has 1 heterocycles. The molecule has 22 heavy (non-hydrogen) atoms. The standard InChI is InChI=1S/C16H21F2NO3/c1-15(2,3)22-14(20)19-8-7-16(10-19,21-4)11-5-6-12(17)13(18)9-11/h5-6,9H,7-8,10H2,1-4H3. The molecule has 1 aliphatic rings. The number of ether oxygens (including phenoxy) is 2. The Hall–Kier alpha value is -1.69. The summed E-state index contributed by atoms with van der Waals surface area (Å²) in [7, 11) is 1.50. The third kappa shape index (κ3) is 3.38. The van der Waals surface area contributed by atoms with Gasteiger partial charge in [-0.25, -0.2) is 13.6 Å². The van der Waals surface area contributed by atoms with Gasteiger partial charge in [0.1, 0.15) is 11.2 Å². The first-order valence-electron chi connectivity index (χ1n) is 7.15. The maximum Gasteiger partial charge on any atom is 0.410 e. The van der Waals surface area contributed by atoms with Crippen LogP contribution >= 0.6 is 0 Å². The number of carbonyl (C=O) groups excluding carboxylic acids is 1. The first-order valence-corrected chi connectivity index (χ1v) is 7.15. The molecule has 0 radical (unpaired) electrons. The molecule has 0 saturated carbocycles. The first kappa shape index (κ1) is 16.7. The minimum atomic E-state index is -0.926. The predicted octanol–water partition coefficient (Wildman–Crippen LogP) is 3.45. The van der Waals surface area contributed by atoms with Gasteiger partial charge in [0.2, 0.25) is 0 Å². The van der Waals surface area contributed by atoms with Crippen LogP contribution < -0.4 is 0 Å². The van der Waals surface area contributed by atoms with Gasteiger partial charge in [-0.1, -0.05) is 6.07 Å². The van der Waals surface area contributed by atoms with Gasteiger partial charge in [0.15, 0.2) is 11.6 Å².